The first-order chi connectivity index (χ1) is 18.3. The first-order valence-electron chi connectivity index (χ1n) is 12.7. The number of pyridine rings is 2. The summed E-state index contributed by atoms with van der Waals surface area (Å²) in [7, 11) is 0. The number of hydrogen-bond donors (Lipinski definition) is 4. The highest BCUT2D eigenvalue weighted by molar-refractivity contribution is 5.91. The second-order valence-electron chi connectivity index (χ2n) is 9.34. The second kappa shape index (κ2) is 12.5. The molecular weight excluding hydrogens is 489 g/mol. The Kier molecular flexibility index (Phi) is 8.85. The quantitative estimate of drug-likeness (QED) is 0.329. The highest BCUT2D eigenvalue weighted by Gasteiger charge is 2.18. The van der Waals surface area contributed by atoms with Gasteiger partial charge in [0.15, 0.2) is 0 Å². The maximum Gasteiger partial charge on any atom is 0.319 e. The van der Waals surface area contributed by atoms with Crippen molar-refractivity contribution in [3.05, 3.63) is 54.0 Å². The number of benzene rings is 1. The number of nitrogens with one attached hydrogen (secondary N) is 3. The Morgan fingerprint density at radius 1 is 1.08 bits per heavy atom. The van der Waals surface area contributed by atoms with Gasteiger partial charge in [0.05, 0.1) is 18.0 Å². The molecule has 1 aromatic carbocycles. The molecular formula is C28H32FN5O4. The van der Waals surface area contributed by atoms with Gasteiger partial charge >= 0.3 is 6.03 Å². The number of anilines is 2. The zero-order valence-corrected chi connectivity index (χ0v) is 21.5. The summed E-state index contributed by atoms with van der Waals surface area (Å²) in [5, 5.41) is 17.5. The monoisotopic (exact) mass is 521 g/mol. The van der Waals surface area contributed by atoms with Crippen LogP contribution in [0.5, 0.6) is 5.88 Å². The maximum absolute atomic E-state index is 14.9. The van der Waals surface area contributed by atoms with Crippen molar-refractivity contribution in [1.29, 1.82) is 0 Å². The Morgan fingerprint density at radius 3 is 2.61 bits per heavy atom. The van der Waals surface area contributed by atoms with Crippen LogP contribution in [0.25, 0.3) is 22.4 Å². The van der Waals surface area contributed by atoms with Crippen molar-refractivity contribution in [2.75, 3.05) is 23.8 Å². The molecule has 0 aliphatic heterocycles. The number of nitrogens with zero attached hydrogens (tertiary/aromatic N) is 2. The van der Waals surface area contributed by atoms with Gasteiger partial charge in [0.2, 0.25) is 11.8 Å². The number of urea groups is 1. The Labute approximate surface area is 220 Å². The molecule has 9 nitrogen and oxygen atoms in total. The number of carbonyl (C=O) groups excluding carboxylic acids is 2. The maximum atomic E-state index is 14.9. The van der Waals surface area contributed by atoms with Crippen molar-refractivity contribution >= 4 is 23.4 Å². The molecule has 2 heterocycles. The fourth-order valence-corrected chi connectivity index (χ4v) is 4.54. The van der Waals surface area contributed by atoms with E-state index in [1.54, 1.807) is 37.4 Å². The number of ether oxygens (including phenoxy) is 1. The molecule has 0 atom stereocenters. The summed E-state index contributed by atoms with van der Waals surface area (Å²) in [5.41, 5.74) is 3.26. The highest BCUT2D eigenvalue weighted by atomic mass is 19.1. The second-order valence-corrected chi connectivity index (χ2v) is 9.34. The number of carbonyl (C=O) groups is 2. The van der Waals surface area contributed by atoms with E-state index in [9.17, 15) is 19.1 Å². The van der Waals surface area contributed by atoms with Crippen molar-refractivity contribution in [3.63, 3.8) is 0 Å². The summed E-state index contributed by atoms with van der Waals surface area (Å²) < 4.78 is 20.5. The molecule has 0 saturated heterocycles. The summed E-state index contributed by atoms with van der Waals surface area (Å²) in [4.78, 5) is 32.8. The lowest BCUT2D eigenvalue weighted by Gasteiger charge is -2.23. The van der Waals surface area contributed by atoms with E-state index in [1.165, 1.54) is 19.4 Å². The first kappa shape index (κ1) is 27.0. The molecule has 200 valence electrons. The minimum absolute atomic E-state index is 0.0416. The Hall–Kier alpha value is -4.05. The van der Waals surface area contributed by atoms with Crippen molar-refractivity contribution < 1.29 is 23.8 Å². The normalized spacial score (nSPS) is 13.6. The molecule has 0 unspecified atom stereocenters. The van der Waals surface area contributed by atoms with E-state index in [-0.39, 0.29) is 36.7 Å². The van der Waals surface area contributed by atoms with E-state index in [2.05, 4.69) is 25.9 Å². The van der Waals surface area contributed by atoms with Crippen molar-refractivity contribution in [3.8, 4) is 28.3 Å². The number of amides is 3. The zero-order chi connectivity index (χ0) is 27.1. The predicted octanol–water partition coefficient (Wildman–Crippen LogP) is 5.04. The molecule has 1 aliphatic carbocycles. The summed E-state index contributed by atoms with van der Waals surface area (Å²) in [5.74, 6) is -0.158. The number of hydrogen-bond acceptors (Lipinski definition) is 6. The van der Waals surface area contributed by atoms with Gasteiger partial charge < -0.3 is 25.8 Å². The van der Waals surface area contributed by atoms with Crippen LogP contribution in [0, 0.1) is 12.7 Å². The smallest absolute Gasteiger partial charge is 0.319 e. The molecule has 0 spiro atoms. The molecule has 2 aromatic heterocycles. The van der Waals surface area contributed by atoms with Crippen LogP contribution in [0.3, 0.4) is 0 Å². The van der Waals surface area contributed by atoms with Crippen LogP contribution in [0.4, 0.5) is 20.7 Å². The lowest BCUT2D eigenvalue weighted by atomic mass is 9.96. The average Bonchev–Trinajstić information content (AvgIpc) is 2.89. The number of aromatic nitrogens is 2. The van der Waals surface area contributed by atoms with Crippen LogP contribution in [0.2, 0.25) is 0 Å². The van der Waals surface area contributed by atoms with Gasteiger partial charge in [-0.05, 0) is 66.8 Å². The highest BCUT2D eigenvalue weighted by Crippen LogP contribution is 2.34. The molecule has 1 fully saturated rings. The lowest BCUT2D eigenvalue weighted by molar-refractivity contribution is -0.114. The number of halogens is 1. The third-order valence-corrected chi connectivity index (χ3v) is 6.32. The summed E-state index contributed by atoms with van der Waals surface area (Å²) in [6.07, 6.45) is 6.71. The molecule has 1 aliphatic rings. The Balaban J connectivity index is 1.68. The fraction of sp³-hybridized carbons (Fsp3) is 0.357. The minimum atomic E-state index is -0.537. The molecule has 0 bridgehead atoms. The fourth-order valence-electron chi connectivity index (χ4n) is 4.54. The van der Waals surface area contributed by atoms with Crippen LogP contribution >= 0.6 is 0 Å². The molecule has 1 saturated carbocycles. The van der Waals surface area contributed by atoms with E-state index >= 15 is 0 Å². The van der Waals surface area contributed by atoms with Crippen molar-refractivity contribution in [1.82, 2.24) is 15.3 Å². The minimum Gasteiger partial charge on any atom is -0.475 e. The van der Waals surface area contributed by atoms with Crippen molar-refractivity contribution in [2.24, 2.45) is 0 Å². The number of rotatable bonds is 8. The van der Waals surface area contributed by atoms with E-state index in [0.717, 1.165) is 25.7 Å². The van der Waals surface area contributed by atoms with Crippen molar-refractivity contribution in [2.45, 2.75) is 52.0 Å². The SMILES string of the molecule is CC(=O)Nc1cc(-c2cc(-c3cc(NC(=O)NC4CCCCC4)c(F)cc3C)cc(OCCO)n2)ccn1. The largest absolute Gasteiger partial charge is 0.475 e. The molecule has 4 N–H and O–H groups in total. The summed E-state index contributed by atoms with van der Waals surface area (Å²) in [6, 6.07) is 9.56. The van der Waals surface area contributed by atoms with Gasteiger partial charge in [-0.15, -0.1) is 0 Å². The third-order valence-electron chi connectivity index (χ3n) is 6.32. The zero-order valence-electron chi connectivity index (χ0n) is 21.5. The van der Waals surface area contributed by atoms with Gasteiger partial charge in [-0.25, -0.2) is 19.2 Å². The summed E-state index contributed by atoms with van der Waals surface area (Å²) >= 11 is 0. The molecule has 38 heavy (non-hydrogen) atoms. The molecule has 0 radical (unpaired) electrons. The van der Waals surface area contributed by atoms with Crippen LogP contribution in [-0.2, 0) is 4.79 Å². The van der Waals surface area contributed by atoms with Crippen LogP contribution in [0.1, 0.15) is 44.6 Å². The third kappa shape index (κ3) is 7.04. The average molecular weight is 522 g/mol. The first-order valence-corrected chi connectivity index (χ1v) is 12.7. The number of aliphatic hydroxyl groups excluding tert-OH is 1. The topological polar surface area (TPSA) is 125 Å². The summed E-state index contributed by atoms with van der Waals surface area (Å²) in [6.45, 7) is 3.02. The van der Waals surface area contributed by atoms with E-state index in [1.807, 2.05) is 6.07 Å². The number of aliphatic hydroxyl groups is 1. The molecule has 3 amide bonds. The van der Waals surface area contributed by atoms with Gasteiger partial charge in [-0.1, -0.05) is 19.3 Å². The van der Waals surface area contributed by atoms with Crippen LogP contribution in [0.15, 0.2) is 42.6 Å². The Morgan fingerprint density at radius 2 is 1.87 bits per heavy atom. The van der Waals surface area contributed by atoms with E-state index in [0.29, 0.717) is 33.8 Å². The Bertz CT molecular complexity index is 1310. The van der Waals surface area contributed by atoms with E-state index < -0.39 is 11.8 Å². The number of aryl methyl sites for hydroxylation is 1. The molecule has 10 heteroatoms. The molecule has 3 aromatic rings. The van der Waals surface area contributed by atoms with Gasteiger partial charge in [0.25, 0.3) is 0 Å². The van der Waals surface area contributed by atoms with Gasteiger partial charge in [-0.2, -0.15) is 0 Å². The van der Waals surface area contributed by atoms with Gasteiger partial charge in [-0.3, -0.25) is 4.79 Å². The standard InChI is InChI=1S/C28H32FN5O4/c1-17-12-23(29)25(34-28(37)32-21-6-4-3-5-7-21)16-22(17)20-13-24(33-27(15-20)38-11-10-35)19-8-9-30-26(14-19)31-18(2)36/h8-9,12-16,21,35H,3-7,10-11H2,1-2H3,(H,30,31,36)(H2,32,34,37). The van der Waals surface area contributed by atoms with Crippen LogP contribution in [-0.4, -0.2) is 46.3 Å². The van der Waals surface area contributed by atoms with Gasteiger partial charge in [0.1, 0.15) is 18.2 Å². The van der Waals surface area contributed by atoms with E-state index in [4.69, 9.17) is 4.74 Å². The lowest BCUT2D eigenvalue weighted by Crippen LogP contribution is -2.39. The predicted molar refractivity (Wildman–Crippen MR) is 144 cm³/mol. The van der Waals surface area contributed by atoms with Crippen LogP contribution < -0.4 is 20.7 Å². The molecule has 4 rings (SSSR count). The van der Waals surface area contributed by atoms with Gasteiger partial charge in [0, 0.05) is 30.8 Å².